The van der Waals surface area contributed by atoms with E-state index in [1.54, 1.807) is 6.07 Å². The lowest BCUT2D eigenvalue weighted by Gasteiger charge is -2.29. The number of fused-ring (bicyclic) bond motifs is 1. The van der Waals surface area contributed by atoms with Crippen LogP contribution in [0, 0.1) is 12.8 Å². The van der Waals surface area contributed by atoms with Gasteiger partial charge < -0.3 is 10.6 Å². The van der Waals surface area contributed by atoms with E-state index in [1.165, 1.54) is 11.1 Å². The Balaban J connectivity index is 1.73. The molecule has 1 aliphatic carbocycles. The number of hydrogen-bond acceptors (Lipinski definition) is 2. The van der Waals surface area contributed by atoms with Gasteiger partial charge in [0.2, 0.25) is 5.91 Å². The summed E-state index contributed by atoms with van der Waals surface area (Å²) in [5, 5.41) is 6.11. The largest absolute Gasteiger partial charge is 0.347 e. The fourth-order valence-electron chi connectivity index (χ4n) is 3.75. The molecular formula is C23H28N2O2. The SMILES string of the molecule is Cc1ccccc1C(=O)N[C@@H](C(=O)N[C@H]1CCCc2ccccc21)C(C)C. The molecule has 2 N–H and O–H groups in total. The molecule has 2 atom stereocenters. The van der Waals surface area contributed by atoms with Crippen molar-refractivity contribution in [2.45, 2.75) is 52.1 Å². The van der Waals surface area contributed by atoms with Crippen LogP contribution in [0.5, 0.6) is 0 Å². The molecule has 0 unspecified atom stereocenters. The van der Waals surface area contributed by atoms with Gasteiger partial charge in [-0.15, -0.1) is 0 Å². The summed E-state index contributed by atoms with van der Waals surface area (Å²) in [6, 6.07) is 15.2. The summed E-state index contributed by atoms with van der Waals surface area (Å²) in [6.07, 6.45) is 3.04. The first kappa shape index (κ1) is 19.2. The van der Waals surface area contributed by atoms with Crippen LogP contribution in [0.3, 0.4) is 0 Å². The fourth-order valence-corrected chi connectivity index (χ4v) is 3.75. The topological polar surface area (TPSA) is 58.2 Å². The predicted octanol–water partition coefficient (Wildman–Crippen LogP) is 3.94. The molecule has 142 valence electrons. The summed E-state index contributed by atoms with van der Waals surface area (Å²) < 4.78 is 0. The van der Waals surface area contributed by atoms with Crippen molar-refractivity contribution in [2.24, 2.45) is 5.92 Å². The molecule has 2 aromatic carbocycles. The van der Waals surface area contributed by atoms with Crippen LogP contribution in [0.4, 0.5) is 0 Å². The molecule has 0 saturated carbocycles. The molecule has 3 rings (SSSR count). The number of carbonyl (C=O) groups excluding carboxylic acids is 2. The summed E-state index contributed by atoms with van der Waals surface area (Å²) in [5.74, 6) is -0.323. The summed E-state index contributed by atoms with van der Waals surface area (Å²) in [4.78, 5) is 25.7. The molecule has 4 nitrogen and oxygen atoms in total. The maximum absolute atomic E-state index is 13.0. The van der Waals surface area contributed by atoms with E-state index >= 15 is 0 Å². The Labute approximate surface area is 161 Å². The highest BCUT2D eigenvalue weighted by Gasteiger charge is 2.29. The smallest absolute Gasteiger partial charge is 0.252 e. The van der Waals surface area contributed by atoms with Crippen LogP contribution < -0.4 is 10.6 Å². The van der Waals surface area contributed by atoms with Crippen molar-refractivity contribution in [2.75, 3.05) is 0 Å². The van der Waals surface area contributed by atoms with Crippen molar-refractivity contribution >= 4 is 11.8 Å². The van der Waals surface area contributed by atoms with Crippen LogP contribution in [0.2, 0.25) is 0 Å². The van der Waals surface area contributed by atoms with Gasteiger partial charge in [0.05, 0.1) is 6.04 Å². The zero-order chi connectivity index (χ0) is 19.4. The second-order valence-corrected chi connectivity index (χ2v) is 7.66. The number of hydrogen-bond donors (Lipinski definition) is 2. The van der Waals surface area contributed by atoms with E-state index in [-0.39, 0.29) is 23.8 Å². The Hall–Kier alpha value is -2.62. The van der Waals surface area contributed by atoms with Crippen molar-refractivity contribution in [3.63, 3.8) is 0 Å². The Bertz CT molecular complexity index is 829. The number of aryl methyl sites for hydroxylation is 2. The zero-order valence-corrected chi connectivity index (χ0v) is 16.3. The lowest BCUT2D eigenvalue weighted by Crippen LogP contribution is -2.50. The van der Waals surface area contributed by atoms with E-state index < -0.39 is 6.04 Å². The monoisotopic (exact) mass is 364 g/mol. The Kier molecular flexibility index (Phi) is 5.94. The van der Waals surface area contributed by atoms with Crippen LogP contribution in [0.15, 0.2) is 48.5 Å². The first-order valence-electron chi connectivity index (χ1n) is 9.72. The Morgan fingerprint density at radius 3 is 2.48 bits per heavy atom. The summed E-state index contributed by atoms with van der Waals surface area (Å²) in [5.41, 5.74) is 4.02. The van der Waals surface area contributed by atoms with Crippen molar-refractivity contribution in [3.05, 3.63) is 70.8 Å². The molecule has 2 amide bonds. The lowest BCUT2D eigenvalue weighted by atomic mass is 9.87. The maximum Gasteiger partial charge on any atom is 0.252 e. The summed E-state index contributed by atoms with van der Waals surface area (Å²) in [7, 11) is 0. The molecule has 0 aliphatic heterocycles. The predicted molar refractivity (Wildman–Crippen MR) is 108 cm³/mol. The highest BCUT2D eigenvalue weighted by atomic mass is 16.2. The molecular weight excluding hydrogens is 336 g/mol. The highest BCUT2D eigenvalue weighted by molar-refractivity contribution is 5.98. The van der Waals surface area contributed by atoms with Crippen molar-refractivity contribution in [1.82, 2.24) is 10.6 Å². The molecule has 0 radical (unpaired) electrons. The molecule has 0 saturated heterocycles. The van der Waals surface area contributed by atoms with Gasteiger partial charge in [-0.3, -0.25) is 9.59 Å². The molecule has 0 aromatic heterocycles. The van der Waals surface area contributed by atoms with Gasteiger partial charge in [-0.25, -0.2) is 0 Å². The van der Waals surface area contributed by atoms with Gasteiger partial charge in [0.25, 0.3) is 5.91 Å². The van der Waals surface area contributed by atoms with Crippen molar-refractivity contribution < 1.29 is 9.59 Å². The van der Waals surface area contributed by atoms with E-state index in [9.17, 15) is 9.59 Å². The highest BCUT2D eigenvalue weighted by Crippen LogP contribution is 2.29. The van der Waals surface area contributed by atoms with Gasteiger partial charge in [-0.1, -0.05) is 56.3 Å². The average molecular weight is 364 g/mol. The quantitative estimate of drug-likeness (QED) is 0.844. The lowest BCUT2D eigenvalue weighted by molar-refractivity contribution is -0.124. The summed E-state index contributed by atoms with van der Waals surface area (Å²) in [6.45, 7) is 5.81. The minimum atomic E-state index is -0.564. The van der Waals surface area contributed by atoms with Gasteiger partial charge in [0.15, 0.2) is 0 Å². The van der Waals surface area contributed by atoms with Crippen LogP contribution >= 0.6 is 0 Å². The maximum atomic E-state index is 13.0. The van der Waals surface area contributed by atoms with Crippen LogP contribution in [-0.4, -0.2) is 17.9 Å². The Morgan fingerprint density at radius 2 is 1.74 bits per heavy atom. The third-order valence-electron chi connectivity index (χ3n) is 5.31. The van der Waals surface area contributed by atoms with E-state index in [4.69, 9.17) is 0 Å². The Morgan fingerprint density at radius 1 is 1.04 bits per heavy atom. The third kappa shape index (κ3) is 4.38. The van der Waals surface area contributed by atoms with Gasteiger partial charge >= 0.3 is 0 Å². The van der Waals surface area contributed by atoms with Gasteiger partial charge in [0, 0.05) is 5.56 Å². The second-order valence-electron chi connectivity index (χ2n) is 7.66. The van der Waals surface area contributed by atoms with E-state index in [0.717, 1.165) is 24.8 Å². The minimum Gasteiger partial charge on any atom is -0.347 e. The molecule has 0 bridgehead atoms. The van der Waals surface area contributed by atoms with Gasteiger partial charge in [0.1, 0.15) is 6.04 Å². The number of carbonyl (C=O) groups is 2. The first-order chi connectivity index (χ1) is 13.0. The molecule has 0 spiro atoms. The number of nitrogens with one attached hydrogen (secondary N) is 2. The molecule has 1 aliphatic rings. The molecule has 27 heavy (non-hydrogen) atoms. The number of rotatable bonds is 5. The molecule has 4 heteroatoms. The van der Waals surface area contributed by atoms with Crippen LogP contribution in [-0.2, 0) is 11.2 Å². The minimum absolute atomic E-state index is 0.00296. The molecule has 2 aromatic rings. The fraction of sp³-hybridized carbons (Fsp3) is 0.391. The molecule has 0 heterocycles. The normalized spacial score (nSPS) is 17.1. The van der Waals surface area contributed by atoms with E-state index in [1.807, 2.05) is 51.1 Å². The van der Waals surface area contributed by atoms with Crippen LogP contribution in [0.1, 0.15) is 59.8 Å². The van der Waals surface area contributed by atoms with E-state index in [2.05, 4.69) is 22.8 Å². The molecule has 0 fully saturated rings. The zero-order valence-electron chi connectivity index (χ0n) is 16.3. The average Bonchev–Trinajstić information content (AvgIpc) is 2.66. The summed E-state index contributed by atoms with van der Waals surface area (Å²) >= 11 is 0. The first-order valence-corrected chi connectivity index (χ1v) is 9.72. The van der Waals surface area contributed by atoms with Crippen LogP contribution in [0.25, 0.3) is 0 Å². The van der Waals surface area contributed by atoms with Crippen molar-refractivity contribution in [1.29, 1.82) is 0 Å². The number of amides is 2. The van der Waals surface area contributed by atoms with E-state index in [0.29, 0.717) is 5.56 Å². The van der Waals surface area contributed by atoms with Gasteiger partial charge in [-0.2, -0.15) is 0 Å². The van der Waals surface area contributed by atoms with Crippen molar-refractivity contribution in [3.8, 4) is 0 Å². The standard InChI is InChI=1S/C23H28N2O2/c1-15(2)21(25-22(26)18-12-6-4-9-16(18)3)23(27)24-20-14-8-11-17-10-5-7-13-19(17)20/h4-7,9-10,12-13,15,20-21H,8,11,14H2,1-3H3,(H,24,27)(H,25,26)/t20-,21+/m0/s1. The second kappa shape index (κ2) is 8.38. The number of benzene rings is 2. The third-order valence-corrected chi connectivity index (χ3v) is 5.31. The van der Waals surface area contributed by atoms with Gasteiger partial charge in [-0.05, 0) is 54.9 Å².